The van der Waals surface area contributed by atoms with Crippen LogP contribution >= 0.6 is 0 Å². The summed E-state index contributed by atoms with van der Waals surface area (Å²) in [5.74, 6) is -2.54. The molecule has 0 radical (unpaired) electrons. The predicted molar refractivity (Wildman–Crippen MR) is 159 cm³/mol. The second-order valence-corrected chi connectivity index (χ2v) is 11.6. The molecule has 3 heterocycles. The van der Waals surface area contributed by atoms with Gasteiger partial charge in [-0.05, 0) is 49.4 Å². The summed E-state index contributed by atoms with van der Waals surface area (Å²) in [5.41, 5.74) is -2.42. The van der Waals surface area contributed by atoms with Gasteiger partial charge in [0.1, 0.15) is 29.6 Å². The maximum atomic E-state index is 13.8. The summed E-state index contributed by atoms with van der Waals surface area (Å²) in [7, 11) is 2.68. The molecule has 1 saturated heterocycles. The number of benzene rings is 1. The number of carbonyl (C=O) groups excluding carboxylic acids is 3. The van der Waals surface area contributed by atoms with Gasteiger partial charge in [0.25, 0.3) is 11.8 Å². The summed E-state index contributed by atoms with van der Waals surface area (Å²) < 4.78 is 69.5. The van der Waals surface area contributed by atoms with E-state index in [-0.39, 0.29) is 70.0 Å². The SMILES string of the molecule is COc1cc(C(=O)Nc2ccc(F)c(C(F)(F)F)c2)c(NC(=O)c2c(OC)ccnc2N[C@@H]2CC3(N4CCOCC4=O)CC2C3)cn1. The van der Waals surface area contributed by atoms with Gasteiger partial charge in [-0.25, -0.2) is 14.4 Å². The van der Waals surface area contributed by atoms with E-state index in [1.807, 2.05) is 4.90 Å². The normalized spacial score (nSPS) is 21.9. The van der Waals surface area contributed by atoms with E-state index in [2.05, 4.69) is 25.9 Å². The van der Waals surface area contributed by atoms with E-state index in [4.69, 9.17) is 14.2 Å². The Balaban J connectivity index is 1.24. The zero-order valence-electron chi connectivity index (χ0n) is 25.2. The molecule has 3 N–H and O–H groups in total. The van der Waals surface area contributed by atoms with Crippen LogP contribution in [0.5, 0.6) is 11.6 Å². The molecular weight excluding hydrogens is 628 g/mol. The summed E-state index contributed by atoms with van der Waals surface area (Å²) in [6.45, 7) is 1.07. The average Bonchev–Trinajstić information content (AvgIpc) is 3.56. The molecule has 1 aromatic carbocycles. The Bertz CT molecular complexity index is 1730. The van der Waals surface area contributed by atoms with E-state index in [0.717, 1.165) is 25.1 Å². The number of fused-ring (bicyclic) bond motifs is 1. The van der Waals surface area contributed by atoms with Crippen LogP contribution < -0.4 is 25.4 Å². The molecule has 3 aliphatic carbocycles. The van der Waals surface area contributed by atoms with Gasteiger partial charge in [0.15, 0.2) is 0 Å². The molecule has 16 heteroatoms. The van der Waals surface area contributed by atoms with Gasteiger partial charge in [0, 0.05) is 36.1 Å². The number of anilines is 3. The Kier molecular flexibility index (Phi) is 8.38. The van der Waals surface area contributed by atoms with Crippen molar-refractivity contribution in [3.63, 3.8) is 0 Å². The first kappa shape index (κ1) is 32.0. The minimum Gasteiger partial charge on any atom is -0.496 e. The molecule has 3 aromatic rings. The third-order valence-electron chi connectivity index (χ3n) is 8.80. The highest BCUT2D eigenvalue weighted by Gasteiger charge is 2.60. The largest absolute Gasteiger partial charge is 0.496 e. The lowest BCUT2D eigenvalue weighted by molar-refractivity contribution is -0.154. The Hall–Kier alpha value is -4.99. The van der Waals surface area contributed by atoms with Crippen LogP contribution in [0.15, 0.2) is 42.7 Å². The van der Waals surface area contributed by atoms with Gasteiger partial charge in [0.05, 0.1) is 43.8 Å². The summed E-state index contributed by atoms with van der Waals surface area (Å²) in [6.07, 6.45) is -0.0628. The standard InChI is InChI=1S/C31H30F4N6O6/c1-45-23-5-6-36-27(39-21-13-30(11-16(21)12-30)41-7-8-47-15-25(41)42)26(23)29(44)40-22-14-37-24(46-2)10-18(22)28(43)38-17-3-4-20(32)19(9-17)31(33,34)35/h3-6,9-10,14,16,21H,7-8,11-13,15H2,1-2H3,(H,36,39)(H,38,43)(H,40,44)/t16?,21-,30?/m1/s1. The van der Waals surface area contributed by atoms with Crippen molar-refractivity contribution in [2.45, 2.75) is 37.0 Å². The molecule has 4 aliphatic rings. The number of ether oxygens (including phenoxy) is 3. The van der Waals surface area contributed by atoms with Gasteiger partial charge in [-0.15, -0.1) is 0 Å². The van der Waals surface area contributed by atoms with Crippen LogP contribution in [0.3, 0.4) is 0 Å². The number of aromatic nitrogens is 2. The fraction of sp³-hybridized carbons (Fsp3) is 0.387. The highest BCUT2D eigenvalue weighted by atomic mass is 19.4. The molecule has 0 spiro atoms. The summed E-state index contributed by atoms with van der Waals surface area (Å²) in [5, 5.41) is 8.31. The molecule has 47 heavy (non-hydrogen) atoms. The third-order valence-corrected chi connectivity index (χ3v) is 8.80. The van der Waals surface area contributed by atoms with Crippen LogP contribution in [0.25, 0.3) is 0 Å². The summed E-state index contributed by atoms with van der Waals surface area (Å²) in [4.78, 5) is 50.0. The van der Waals surface area contributed by atoms with E-state index in [0.29, 0.717) is 31.7 Å². The topological polar surface area (TPSA) is 144 Å². The lowest BCUT2D eigenvalue weighted by Gasteiger charge is -2.48. The number of pyridine rings is 2. The predicted octanol–water partition coefficient (Wildman–Crippen LogP) is 4.35. The molecule has 1 aliphatic heterocycles. The van der Waals surface area contributed by atoms with Gasteiger partial charge in [-0.1, -0.05) is 0 Å². The van der Waals surface area contributed by atoms with Crippen LogP contribution in [0.2, 0.25) is 0 Å². The van der Waals surface area contributed by atoms with Crippen molar-refractivity contribution in [3.8, 4) is 11.6 Å². The highest BCUT2D eigenvalue weighted by molar-refractivity contribution is 6.14. The van der Waals surface area contributed by atoms with Crippen LogP contribution in [0.1, 0.15) is 45.5 Å². The van der Waals surface area contributed by atoms with Crippen LogP contribution in [-0.2, 0) is 15.7 Å². The van der Waals surface area contributed by atoms with Gasteiger partial charge < -0.3 is 35.1 Å². The molecule has 3 amide bonds. The Labute approximate surface area is 265 Å². The Morgan fingerprint density at radius 3 is 2.53 bits per heavy atom. The van der Waals surface area contributed by atoms with E-state index < -0.39 is 29.4 Å². The van der Waals surface area contributed by atoms with Crippen LogP contribution in [0, 0.1) is 11.7 Å². The smallest absolute Gasteiger partial charge is 0.419 e. The molecule has 12 nitrogen and oxygen atoms in total. The molecular formula is C31H30F4N6O6. The molecule has 248 valence electrons. The van der Waals surface area contributed by atoms with E-state index >= 15 is 0 Å². The van der Waals surface area contributed by atoms with Gasteiger partial charge in [-0.3, -0.25) is 14.4 Å². The number of methoxy groups -OCH3 is 2. The minimum atomic E-state index is -4.99. The zero-order chi connectivity index (χ0) is 33.5. The number of hydrogen-bond donors (Lipinski definition) is 3. The number of carbonyl (C=O) groups is 3. The first-order chi connectivity index (χ1) is 22.4. The molecule has 0 unspecified atom stereocenters. The molecule has 2 aromatic heterocycles. The second-order valence-electron chi connectivity index (χ2n) is 11.6. The zero-order valence-corrected chi connectivity index (χ0v) is 25.2. The first-order valence-electron chi connectivity index (χ1n) is 14.6. The Morgan fingerprint density at radius 1 is 1.04 bits per heavy atom. The highest BCUT2D eigenvalue weighted by Crippen LogP contribution is 2.56. The number of halogens is 4. The Morgan fingerprint density at radius 2 is 1.83 bits per heavy atom. The van der Waals surface area contributed by atoms with Crippen molar-refractivity contribution in [1.82, 2.24) is 14.9 Å². The van der Waals surface area contributed by atoms with E-state index in [9.17, 15) is 31.9 Å². The van der Waals surface area contributed by atoms with E-state index in [1.54, 1.807) is 0 Å². The number of alkyl halides is 3. The van der Waals surface area contributed by atoms with Crippen molar-refractivity contribution in [2.75, 3.05) is 49.9 Å². The third kappa shape index (κ3) is 6.12. The monoisotopic (exact) mass is 658 g/mol. The lowest BCUT2D eigenvalue weighted by Crippen LogP contribution is -2.58. The molecule has 3 saturated carbocycles. The van der Waals surface area contributed by atoms with E-state index in [1.165, 1.54) is 32.5 Å². The average molecular weight is 659 g/mol. The van der Waals surface area contributed by atoms with Crippen LogP contribution in [0.4, 0.5) is 34.8 Å². The number of nitrogens with zero attached hydrogens (tertiary/aromatic N) is 3. The quantitative estimate of drug-likeness (QED) is 0.286. The number of morpholine rings is 1. The summed E-state index contributed by atoms with van der Waals surface area (Å²) in [6, 6.07) is 4.63. The maximum absolute atomic E-state index is 13.8. The number of amides is 3. The van der Waals surface area contributed by atoms with Crippen LogP contribution in [-0.4, -0.2) is 78.1 Å². The van der Waals surface area contributed by atoms with Crippen molar-refractivity contribution in [3.05, 3.63) is 65.2 Å². The number of hydrogen-bond acceptors (Lipinski definition) is 9. The fourth-order valence-corrected chi connectivity index (χ4v) is 6.62. The molecule has 4 fully saturated rings. The van der Waals surface area contributed by atoms with Crippen molar-refractivity contribution < 1.29 is 46.2 Å². The molecule has 1 atom stereocenters. The first-order valence-corrected chi connectivity index (χ1v) is 14.6. The second kappa shape index (κ2) is 12.3. The molecule has 7 rings (SSSR count). The summed E-state index contributed by atoms with van der Waals surface area (Å²) >= 11 is 0. The van der Waals surface area contributed by atoms with Crippen molar-refractivity contribution >= 4 is 34.9 Å². The molecule has 2 bridgehead atoms. The minimum absolute atomic E-state index is 0.0163. The number of nitrogens with one attached hydrogen (secondary N) is 3. The lowest BCUT2D eigenvalue weighted by atomic mass is 9.75. The van der Waals surface area contributed by atoms with Crippen molar-refractivity contribution in [1.29, 1.82) is 0 Å². The van der Waals surface area contributed by atoms with Gasteiger partial charge >= 0.3 is 6.18 Å². The maximum Gasteiger partial charge on any atom is 0.419 e. The van der Waals surface area contributed by atoms with Gasteiger partial charge in [-0.2, -0.15) is 13.2 Å². The van der Waals surface area contributed by atoms with Crippen molar-refractivity contribution in [2.24, 2.45) is 5.92 Å². The fourth-order valence-electron chi connectivity index (χ4n) is 6.62. The number of rotatable bonds is 9. The van der Waals surface area contributed by atoms with Gasteiger partial charge in [0.2, 0.25) is 11.8 Å².